The molecule has 4 rings (SSSR count). The quantitative estimate of drug-likeness (QED) is 0.702. The predicted octanol–water partition coefficient (Wildman–Crippen LogP) is 2.43. The lowest BCUT2D eigenvalue weighted by Gasteiger charge is -2.33. The predicted molar refractivity (Wildman–Crippen MR) is 97.3 cm³/mol. The van der Waals surface area contributed by atoms with Crippen molar-refractivity contribution in [2.24, 2.45) is 0 Å². The number of nitrogens with one attached hydrogen (secondary N) is 1. The van der Waals surface area contributed by atoms with E-state index in [0.717, 1.165) is 11.0 Å². The lowest BCUT2D eigenvalue weighted by Crippen LogP contribution is -2.44. The number of aromatic amines is 1. The van der Waals surface area contributed by atoms with E-state index in [-0.39, 0.29) is 56.7 Å². The van der Waals surface area contributed by atoms with Gasteiger partial charge in [0, 0.05) is 25.2 Å². The van der Waals surface area contributed by atoms with Gasteiger partial charge in [-0.05, 0) is 36.8 Å². The van der Waals surface area contributed by atoms with Gasteiger partial charge in [0.15, 0.2) is 17.3 Å². The molecule has 12 heteroatoms. The van der Waals surface area contributed by atoms with Gasteiger partial charge < -0.3 is 19.7 Å². The first-order chi connectivity index (χ1) is 15.1. The first-order valence-corrected chi connectivity index (χ1v) is 9.94. The van der Waals surface area contributed by atoms with E-state index in [1.54, 1.807) is 0 Å². The summed E-state index contributed by atoms with van der Waals surface area (Å²) in [6.07, 6.45) is -5.80. The molecule has 32 heavy (non-hydrogen) atoms. The molecule has 172 valence electrons. The molecule has 0 radical (unpaired) electrons. The summed E-state index contributed by atoms with van der Waals surface area (Å²) in [5.74, 6) is -4.57. The van der Waals surface area contributed by atoms with Crippen LogP contribution in [0.25, 0.3) is 0 Å². The third-order valence-electron chi connectivity index (χ3n) is 6.03. The molecule has 0 unspecified atom stereocenters. The van der Waals surface area contributed by atoms with Crippen LogP contribution in [0.4, 0.5) is 26.7 Å². The topological polar surface area (TPSA) is 92.4 Å². The number of alkyl halides is 3. The second kappa shape index (κ2) is 8.06. The molecule has 3 heterocycles. The number of likely N-dealkylation sites (tertiary alicyclic amines) is 1. The van der Waals surface area contributed by atoms with Crippen LogP contribution in [0.3, 0.4) is 0 Å². The van der Waals surface area contributed by atoms with Crippen LogP contribution < -0.4 is 5.11 Å². The van der Waals surface area contributed by atoms with Crippen LogP contribution in [-0.2, 0) is 19.1 Å². The molecule has 0 spiro atoms. The summed E-state index contributed by atoms with van der Waals surface area (Å²) < 4.78 is 67.4. The molecular formula is C20H18F5N4O3-. The molecule has 2 aliphatic heterocycles. The monoisotopic (exact) mass is 457 g/mol. The van der Waals surface area contributed by atoms with Gasteiger partial charge in [-0.1, -0.05) is 6.07 Å². The minimum absolute atomic E-state index is 0.0242. The smallest absolute Gasteiger partial charge is 0.419 e. The number of nitrogens with zero attached hydrogens (tertiary/aromatic N) is 3. The van der Waals surface area contributed by atoms with Gasteiger partial charge in [-0.25, -0.2) is 8.78 Å². The van der Waals surface area contributed by atoms with Crippen molar-refractivity contribution in [1.29, 1.82) is 0 Å². The average molecular weight is 457 g/mol. The van der Waals surface area contributed by atoms with E-state index in [1.165, 1.54) is 4.90 Å². The molecule has 1 fully saturated rings. The molecule has 0 aliphatic carbocycles. The third kappa shape index (κ3) is 3.89. The number of carboxylic acid groups (broad SMARTS) is 1. The number of amides is 2. The summed E-state index contributed by atoms with van der Waals surface area (Å²) in [4.78, 5) is 26.5. The molecule has 1 aromatic heterocycles. The van der Waals surface area contributed by atoms with Crippen molar-refractivity contribution >= 4 is 12.0 Å². The number of benzene rings is 1. The summed E-state index contributed by atoms with van der Waals surface area (Å²) in [7, 11) is 0. The van der Waals surface area contributed by atoms with Gasteiger partial charge in [0.05, 0.1) is 17.8 Å². The highest BCUT2D eigenvalue weighted by atomic mass is 19.4. The summed E-state index contributed by atoms with van der Waals surface area (Å²) >= 11 is 0. The van der Waals surface area contributed by atoms with E-state index in [4.69, 9.17) is 0 Å². The number of halogens is 5. The van der Waals surface area contributed by atoms with E-state index in [0.29, 0.717) is 17.3 Å². The first kappa shape index (κ1) is 22.0. The number of hydrogen-bond acceptors (Lipinski definition) is 4. The molecule has 2 aromatic rings. The fourth-order valence-corrected chi connectivity index (χ4v) is 4.39. The number of rotatable bonds is 2. The number of H-pyrrole nitrogens is 1. The average Bonchev–Trinajstić information content (AvgIpc) is 3.17. The fourth-order valence-electron chi connectivity index (χ4n) is 4.39. The third-order valence-corrected chi connectivity index (χ3v) is 6.03. The molecular weight excluding hydrogens is 439 g/mol. The number of fused-ring (bicyclic) bond motifs is 1. The van der Waals surface area contributed by atoms with E-state index in [9.17, 15) is 36.6 Å². The maximum atomic E-state index is 13.9. The second-order valence-electron chi connectivity index (χ2n) is 7.86. The number of carbonyl (C=O) groups is 2. The zero-order valence-electron chi connectivity index (χ0n) is 16.6. The molecule has 2 amide bonds. The molecule has 0 saturated carbocycles. The van der Waals surface area contributed by atoms with Crippen LogP contribution in [0.15, 0.2) is 12.1 Å². The Morgan fingerprint density at radius 1 is 1.09 bits per heavy atom. The van der Waals surface area contributed by atoms with Gasteiger partial charge in [-0.2, -0.15) is 18.3 Å². The van der Waals surface area contributed by atoms with Gasteiger partial charge in [0.1, 0.15) is 6.09 Å². The first-order valence-electron chi connectivity index (χ1n) is 9.94. The summed E-state index contributed by atoms with van der Waals surface area (Å²) in [5.41, 5.74) is -0.658. The SMILES string of the molecule is O=C([O-])N1CCc2c(C(=O)N3CCC(c4ccc(F)c(F)c4C(F)(F)F)CC3)n[nH]c2C1. The Kier molecular flexibility index (Phi) is 5.55. The highest BCUT2D eigenvalue weighted by Gasteiger charge is 2.41. The zero-order valence-corrected chi connectivity index (χ0v) is 16.6. The van der Waals surface area contributed by atoms with Crippen LogP contribution in [0.1, 0.15) is 51.6 Å². The molecule has 0 bridgehead atoms. The van der Waals surface area contributed by atoms with Gasteiger partial charge in [-0.15, -0.1) is 0 Å². The maximum absolute atomic E-state index is 13.9. The van der Waals surface area contributed by atoms with Crippen molar-refractivity contribution in [3.8, 4) is 0 Å². The van der Waals surface area contributed by atoms with E-state index >= 15 is 0 Å². The van der Waals surface area contributed by atoms with Crippen molar-refractivity contribution in [3.63, 3.8) is 0 Å². The van der Waals surface area contributed by atoms with Crippen LogP contribution in [0.5, 0.6) is 0 Å². The number of carbonyl (C=O) groups excluding carboxylic acids is 2. The van der Waals surface area contributed by atoms with Crippen molar-refractivity contribution in [2.45, 2.75) is 37.9 Å². The Balaban J connectivity index is 1.49. The van der Waals surface area contributed by atoms with Crippen LogP contribution in [-0.4, -0.2) is 51.6 Å². The lowest BCUT2D eigenvalue weighted by atomic mass is 9.85. The number of aromatic nitrogens is 2. The Labute approximate surface area is 178 Å². The molecule has 1 N–H and O–H groups in total. The molecule has 0 atom stereocenters. The number of hydrogen-bond donors (Lipinski definition) is 1. The summed E-state index contributed by atoms with van der Waals surface area (Å²) in [5, 5.41) is 17.7. The van der Waals surface area contributed by atoms with Crippen LogP contribution >= 0.6 is 0 Å². The molecule has 2 aliphatic rings. The van der Waals surface area contributed by atoms with Gasteiger partial charge in [0.25, 0.3) is 5.91 Å². The lowest BCUT2D eigenvalue weighted by molar-refractivity contribution is -0.266. The minimum atomic E-state index is -5.04. The van der Waals surface area contributed by atoms with Crippen LogP contribution in [0.2, 0.25) is 0 Å². The standard InChI is InChI=1S/C20H19F5N4O3/c21-13-2-1-11(15(16(13)22)20(23,24)25)10-3-6-28(7-4-10)18(30)17-12-5-8-29(19(31)32)9-14(12)26-27-17/h1-2,10H,3-9H2,(H,26,27)(H,31,32)/p-1. The maximum Gasteiger partial charge on any atom is 0.419 e. The van der Waals surface area contributed by atoms with Crippen molar-refractivity contribution in [1.82, 2.24) is 20.0 Å². The summed E-state index contributed by atoms with van der Waals surface area (Å²) in [6.45, 7) is 0.420. The molecule has 7 nitrogen and oxygen atoms in total. The van der Waals surface area contributed by atoms with Crippen molar-refractivity contribution in [2.75, 3.05) is 19.6 Å². The van der Waals surface area contributed by atoms with Gasteiger partial charge >= 0.3 is 6.18 Å². The number of piperidine rings is 1. The van der Waals surface area contributed by atoms with Crippen molar-refractivity contribution < 1.29 is 36.6 Å². The highest BCUT2D eigenvalue weighted by Crippen LogP contribution is 2.41. The fraction of sp³-hybridized carbons (Fsp3) is 0.450. The van der Waals surface area contributed by atoms with E-state index in [1.807, 2.05) is 0 Å². The largest absolute Gasteiger partial charge is 0.530 e. The van der Waals surface area contributed by atoms with Gasteiger partial charge in [-0.3, -0.25) is 9.89 Å². The van der Waals surface area contributed by atoms with E-state index < -0.39 is 41.3 Å². The Hall–Kier alpha value is -3.18. The Bertz CT molecular complexity index is 1060. The highest BCUT2D eigenvalue weighted by molar-refractivity contribution is 5.94. The Morgan fingerprint density at radius 3 is 2.41 bits per heavy atom. The zero-order chi connectivity index (χ0) is 23.2. The molecule has 1 saturated heterocycles. The van der Waals surface area contributed by atoms with Crippen LogP contribution in [0, 0.1) is 11.6 Å². The minimum Gasteiger partial charge on any atom is -0.530 e. The Morgan fingerprint density at radius 2 is 1.78 bits per heavy atom. The second-order valence-corrected chi connectivity index (χ2v) is 7.86. The van der Waals surface area contributed by atoms with Gasteiger partial charge in [0.2, 0.25) is 0 Å². The summed E-state index contributed by atoms with van der Waals surface area (Å²) in [6, 6.07) is 1.64. The van der Waals surface area contributed by atoms with Crippen molar-refractivity contribution in [3.05, 3.63) is 51.8 Å². The normalized spacial score (nSPS) is 17.4. The molecule has 1 aromatic carbocycles. The van der Waals surface area contributed by atoms with E-state index in [2.05, 4.69) is 10.2 Å².